The van der Waals surface area contributed by atoms with Crippen molar-refractivity contribution in [2.45, 2.75) is 65.6 Å². The summed E-state index contributed by atoms with van der Waals surface area (Å²) in [5.41, 5.74) is 2.05. The van der Waals surface area contributed by atoms with Gasteiger partial charge in [-0.1, -0.05) is 76.2 Å². The molecule has 0 bridgehead atoms. The monoisotopic (exact) mass is 642 g/mol. The second kappa shape index (κ2) is 13.2. The summed E-state index contributed by atoms with van der Waals surface area (Å²) in [6.45, 7) is 9.63. The summed E-state index contributed by atoms with van der Waals surface area (Å²) < 4.78 is 0. The maximum Gasteiger partial charge on any atom is 0.245 e. The molecular formula is C36H46N6O5. The number of benzene rings is 2. The van der Waals surface area contributed by atoms with Gasteiger partial charge in [0.15, 0.2) is 0 Å². The number of hydrogen-bond donors (Lipinski definition) is 4. The normalized spacial score (nSPS) is 24.2. The number of nitrogens with zero attached hydrogens (tertiary/aromatic N) is 2. The number of para-hydroxylation sites is 1. The van der Waals surface area contributed by atoms with Crippen LogP contribution in [0.5, 0.6) is 0 Å². The van der Waals surface area contributed by atoms with Crippen LogP contribution in [0.2, 0.25) is 0 Å². The Morgan fingerprint density at radius 2 is 1.51 bits per heavy atom. The van der Waals surface area contributed by atoms with Crippen LogP contribution in [0.3, 0.4) is 0 Å². The molecular weight excluding hydrogens is 596 g/mol. The number of H-pyrrole nitrogens is 1. The van der Waals surface area contributed by atoms with Gasteiger partial charge in [0.1, 0.15) is 18.1 Å². The minimum absolute atomic E-state index is 0.0831. The molecule has 0 unspecified atom stereocenters. The number of nitrogens with one attached hydrogen (secondary N) is 4. The van der Waals surface area contributed by atoms with Crippen LogP contribution in [0.4, 0.5) is 0 Å². The Bertz CT molecular complexity index is 1650. The Balaban J connectivity index is 1.46. The molecule has 2 heterocycles. The van der Waals surface area contributed by atoms with Gasteiger partial charge in [-0.2, -0.15) is 0 Å². The van der Waals surface area contributed by atoms with E-state index in [0.29, 0.717) is 0 Å². The highest BCUT2D eigenvalue weighted by molar-refractivity contribution is 5.96. The quantitative estimate of drug-likeness (QED) is 0.338. The van der Waals surface area contributed by atoms with Crippen molar-refractivity contribution in [3.05, 3.63) is 71.9 Å². The lowest BCUT2D eigenvalue weighted by Crippen LogP contribution is -2.57. The molecule has 1 aromatic heterocycles. The van der Waals surface area contributed by atoms with Gasteiger partial charge in [0.2, 0.25) is 29.5 Å². The Morgan fingerprint density at radius 3 is 2.19 bits per heavy atom. The van der Waals surface area contributed by atoms with Crippen molar-refractivity contribution in [3.8, 4) is 0 Å². The van der Waals surface area contributed by atoms with Crippen LogP contribution in [-0.2, 0) is 36.8 Å². The van der Waals surface area contributed by atoms with Crippen LogP contribution >= 0.6 is 0 Å². The second-order valence-corrected chi connectivity index (χ2v) is 14.0. The Morgan fingerprint density at radius 1 is 0.851 bits per heavy atom. The van der Waals surface area contributed by atoms with E-state index in [0.717, 1.165) is 22.0 Å². The molecule has 11 heteroatoms. The third kappa shape index (κ3) is 6.89. The topological polar surface area (TPSA) is 144 Å². The number of hydrogen-bond acceptors (Lipinski definition) is 5. The first-order chi connectivity index (χ1) is 22.2. The molecule has 2 fully saturated rings. The van der Waals surface area contributed by atoms with E-state index < -0.39 is 41.8 Å². The Labute approximate surface area is 275 Å². The van der Waals surface area contributed by atoms with Gasteiger partial charge in [-0.25, -0.2) is 0 Å². The van der Waals surface area contributed by atoms with E-state index in [2.05, 4.69) is 20.9 Å². The van der Waals surface area contributed by atoms with E-state index in [1.807, 2.05) is 88.5 Å². The zero-order valence-corrected chi connectivity index (χ0v) is 28.1. The Hall–Kier alpha value is -4.67. The first kappa shape index (κ1) is 33.7. The summed E-state index contributed by atoms with van der Waals surface area (Å²) in [4.78, 5) is 74.6. The van der Waals surface area contributed by atoms with Crippen LogP contribution in [0.25, 0.3) is 10.9 Å². The predicted octanol–water partition coefficient (Wildman–Crippen LogP) is 2.41. The zero-order valence-electron chi connectivity index (χ0n) is 28.1. The smallest absolute Gasteiger partial charge is 0.245 e. The van der Waals surface area contributed by atoms with E-state index in [4.69, 9.17) is 0 Å². The fraction of sp³-hybridized carbons (Fsp3) is 0.472. The van der Waals surface area contributed by atoms with Crippen molar-refractivity contribution >= 4 is 40.4 Å². The number of carbonyl (C=O) groups is 5. The largest absolute Gasteiger partial charge is 0.361 e. The maximum atomic E-state index is 14.0. The number of aromatic amines is 1. The van der Waals surface area contributed by atoms with Crippen LogP contribution in [0.1, 0.15) is 45.7 Å². The van der Waals surface area contributed by atoms with Crippen molar-refractivity contribution in [2.24, 2.45) is 16.7 Å². The van der Waals surface area contributed by atoms with Crippen molar-refractivity contribution in [1.29, 1.82) is 0 Å². The van der Waals surface area contributed by atoms with Gasteiger partial charge >= 0.3 is 0 Å². The highest BCUT2D eigenvalue weighted by Crippen LogP contribution is 2.68. The number of aromatic nitrogens is 1. The van der Waals surface area contributed by atoms with E-state index in [9.17, 15) is 24.0 Å². The number of rotatable bonds is 5. The first-order valence-corrected chi connectivity index (χ1v) is 16.2. The predicted molar refractivity (Wildman–Crippen MR) is 179 cm³/mol. The lowest BCUT2D eigenvalue weighted by molar-refractivity contribution is -0.142. The molecule has 11 nitrogen and oxygen atoms in total. The summed E-state index contributed by atoms with van der Waals surface area (Å²) in [6.07, 6.45) is 2.22. The highest BCUT2D eigenvalue weighted by atomic mass is 16.2. The molecule has 3 aromatic rings. The first-order valence-electron chi connectivity index (χ1n) is 16.2. The number of likely N-dealkylation sites (N-methyl/N-ethyl adjacent to an activating group) is 1. The fourth-order valence-corrected chi connectivity index (χ4v) is 6.80. The molecule has 2 aliphatic rings. The SMILES string of the molecule is C[C@H]1C(=O)N[C@@H](Cc2ccccc2)C(=O)NCCN(C(=O)C2C(C)(C)C2(C)C)CC(=O)N[C@@H](Cc2c[nH]c3ccccc23)C(=O)N1C. The molecule has 5 amide bonds. The average molecular weight is 643 g/mol. The van der Waals surface area contributed by atoms with Gasteiger partial charge in [-0.05, 0) is 34.9 Å². The highest BCUT2D eigenvalue weighted by Gasteiger charge is 2.68. The van der Waals surface area contributed by atoms with Crippen molar-refractivity contribution in [3.63, 3.8) is 0 Å². The standard InChI is InChI=1S/C36H46N6O5/c1-22-31(44)40-27(18-23-12-8-7-9-13-23)32(45)37-16-17-42(34(47)30-35(2,3)36(30,4)5)21-29(43)39-28(33(46)41(22)6)19-24-20-38-26-15-11-10-14-25(24)26/h7-15,20,22,27-28,30,38H,16-19,21H2,1-6H3,(H,37,45)(H,39,43)(H,40,44)/t22-,27-,28-/m0/s1. The third-order valence-corrected chi connectivity index (χ3v) is 10.6. The summed E-state index contributed by atoms with van der Waals surface area (Å²) in [5.74, 6) is -2.36. The minimum Gasteiger partial charge on any atom is -0.361 e. The van der Waals surface area contributed by atoms with Gasteiger partial charge in [-0.15, -0.1) is 0 Å². The number of carbonyl (C=O) groups excluding carboxylic acids is 5. The molecule has 1 saturated heterocycles. The lowest BCUT2D eigenvalue weighted by Gasteiger charge is -2.30. The number of amides is 5. The molecule has 0 radical (unpaired) electrons. The van der Waals surface area contributed by atoms with E-state index in [1.54, 1.807) is 6.92 Å². The zero-order chi connectivity index (χ0) is 34.1. The summed E-state index contributed by atoms with van der Waals surface area (Å²) in [5, 5.41) is 9.52. The average Bonchev–Trinajstić information content (AvgIpc) is 3.27. The van der Waals surface area contributed by atoms with Gasteiger partial charge in [0.25, 0.3) is 0 Å². The van der Waals surface area contributed by atoms with Crippen LogP contribution in [0, 0.1) is 16.7 Å². The fourth-order valence-electron chi connectivity index (χ4n) is 6.80. The molecule has 47 heavy (non-hydrogen) atoms. The van der Waals surface area contributed by atoms with Crippen LogP contribution < -0.4 is 16.0 Å². The van der Waals surface area contributed by atoms with E-state index in [-0.39, 0.29) is 55.1 Å². The van der Waals surface area contributed by atoms with Gasteiger partial charge < -0.3 is 30.7 Å². The molecule has 5 rings (SSSR count). The molecule has 250 valence electrons. The third-order valence-electron chi connectivity index (χ3n) is 10.6. The van der Waals surface area contributed by atoms with Crippen molar-refractivity contribution in [1.82, 2.24) is 30.7 Å². The lowest BCUT2D eigenvalue weighted by atomic mass is 10.0. The maximum absolute atomic E-state index is 14.0. The van der Waals surface area contributed by atoms with Gasteiger partial charge in [0, 0.05) is 56.0 Å². The molecule has 3 atom stereocenters. The summed E-state index contributed by atoms with van der Waals surface area (Å²) in [6, 6.07) is 14.1. The molecule has 4 N–H and O–H groups in total. The van der Waals surface area contributed by atoms with Crippen LogP contribution in [0.15, 0.2) is 60.8 Å². The van der Waals surface area contributed by atoms with Crippen molar-refractivity contribution in [2.75, 3.05) is 26.7 Å². The molecule has 0 spiro atoms. The van der Waals surface area contributed by atoms with Crippen LogP contribution in [-0.4, -0.2) is 89.1 Å². The second-order valence-electron chi connectivity index (χ2n) is 14.0. The Kier molecular flexibility index (Phi) is 9.47. The molecule has 2 aromatic carbocycles. The number of fused-ring (bicyclic) bond motifs is 1. The van der Waals surface area contributed by atoms with E-state index >= 15 is 0 Å². The van der Waals surface area contributed by atoms with Gasteiger partial charge in [0.05, 0.1) is 6.54 Å². The van der Waals surface area contributed by atoms with Gasteiger partial charge in [-0.3, -0.25) is 24.0 Å². The summed E-state index contributed by atoms with van der Waals surface area (Å²) >= 11 is 0. The van der Waals surface area contributed by atoms with Crippen molar-refractivity contribution < 1.29 is 24.0 Å². The van der Waals surface area contributed by atoms with E-state index in [1.165, 1.54) is 16.8 Å². The summed E-state index contributed by atoms with van der Waals surface area (Å²) in [7, 11) is 1.51. The molecule has 1 aliphatic heterocycles. The molecule has 1 aliphatic carbocycles. The minimum atomic E-state index is -1.02. The molecule has 1 saturated carbocycles.